The van der Waals surface area contributed by atoms with Crippen molar-refractivity contribution in [3.63, 3.8) is 0 Å². The van der Waals surface area contributed by atoms with Gasteiger partial charge in [-0.15, -0.1) is 0 Å². The van der Waals surface area contributed by atoms with Crippen molar-refractivity contribution in [1.82, 2.24) is 9.66 Å². The van der Waals surface area contributed by atoms with E-state index in [2.05, 4.69) is 34.9 Å². The van der Waals surface area contributed by atoms with E-state index in [1.54, 1.807) is 19.4 Å². The Morgan fingerprint density at radius 2 is 1.97 bits per heavy atom. The molecule has 0 N–H and O–H groups in total. The van der Waals surface area contributed by atoms with Crippen molar-refractivity contribution in [2.24, 2.45) is 5.10 Å². The molecule has 0 aliphatic carbocycles. The molecule has 0 aliphatic rings. The monoisotopic (exact) mass is 463 g/mol. The van der Waals surface area contributed by atoms with E-state index in [0.717, 1.165) is 27.2 Å². The Balaban J connectivity index is 1.96. The lowest BCUT2D eigenvalue weighted by Gasteiger charge is -2.14. The molecule has 0 unspecified atom stereocenters. The first kappa shape index (κ1) is 20.3. The van der Waals surface area contributed by atoms with Gasteiger partial charge in [0.05, 0.1) is 24.2 Å². The molecule has 1 heterocycles. The number of nitrogens with zero attached hydrogens (tertiary/aromatic N) is 3. The zero-order valence-electron chi connectivity index (χ0n) is 17.1. The van der Waals surface area contributed by atoms with Gasteiger partial charge in [0, 0.05) is 16.0 Å². The van der Waals surface area contributed by atoms with Gasteiger partial charge in [-0.3, -0.25) is 4.79 Å². The molecule has 4 aromatic rings. The standard InChI is InChI=1S/C24H22BrN3O2/c1-4-15(2)23-27-21-11-10-17(25)13-19(21)24(29)28(23)26-14-20-18-8-6-5-7-16(18)9-12-22(20)30-3/h5-15H,4H2,1-3H3/t15-/m1/s1. The Morgan fingerprint density at radius 1 is 1.17 bits per heavy atom. The molecule has 4 rings (SSSR count). The summed E-state index contributed by atoms with van der Waals surface area (Å²) in [6, 6.07) is 17.5. The van der Waals surface area contributed by atoms with Crippen LogP contribution in [0.1, 0.15) is 37.6 Å². The summed E-state index contributed by atoms with van der Waals surface area (Å²) in [4.78, 5) is 18.1. The minimum Gasteiger partial charge on any atom is -0.496 e. The number of hydrogen-bond donors (Lipinski definition) is 0. The molecular formula is C24H22BrN3O2. The lowest BCUT2D eigenvalue weighted by molar-refractivity contribution is 0.415. The SMILES string of the molecule is CC[C@@H](C)c1nc2ccc(Br)cc2c(=O)n1N=Cc1c(OC)ccc2ccccc12. The second-order valence-electron chi connectivity index (χ2n) is 7.20. The topological polar surface area (TPSA) is 56.5 Å². The van der Waals surface area contributed by atoms with E-state index in [4.69, 9.17) is 9.72 Å². The number of aromatic nitrogens is 2. The summed E-state index contributed by atoms with van der Waals surface area (Å²) in [6.07, 6.45) is 2.54. The summed E-state index contributed by atoms with van der Waals surface area (Å²) in [5.74, 6) is 1.43. The van der Waals surface area contributed by atoms with Crippen LogP contribution >= 0.6 is 15.9 Å². The number of methoxy groups -OCH3 is 1. The first-order chi connectivity index (χ1) is 14.5. The minimum atomic E-state index is -0.188. The number of ether oxygens (including phenoxy) is 1. The predicted molar refractivity (Wildman–Crippen MR) is 126 cm³/mol. The van der Waals surface area contributed by atoms with Crippen molar-refractivity contribution in [1.29, 1.82) is 0 Å². The van der Waals surface area contributed by atoms with Crippen LogP contribution in [-0.4, -0.2) is 23.0 Å². The highest BCUT2D eigenvalue weighted by Crippen LogP contribution is 2.27. The van der Waals surface area contributed by atoms with Gasteiger partial charge in [-0.25, -0.2) is 4.98 Å². The van der Waals surface area contributed by atoms with Gasteiger partial charge in [0.15, 0.2) is 0 Å². The molecule has 30 heavy (non-hydrogen) atoms. The lowest BCUT2D eigenvalue weighted by Crippen LogP contribution is -2.23. The summed E-state index contributed by atoms with van der Waals surface area (Å²) in [7, 11) is 1.63. The third-order valence-electron chi connectivity index (χ3n) is 5.34. The van der Waals surface area contributed by atoms with Crippen LogP contribution in [0.5, 0.6) is 5.75 Å². The average molecular weight is 464 g/mol. The molecular weight excluding hydrogens is 442 g/mol. The van der Waals surface area contributed by atoms with Gasteiger partial charge < -0.3 is 4.74 Å². The average Bonchev–Trinajstić information content (AvgIpc) is 2.77. The lowest BCUT2D eigenvalue weighted by atomic mass is 10.0. The predicted octanol–water partition coefficient (Wildman–Crippen LogP) is 5.72. The fourth-order valence-electron chi connectivity index (χ4n) is 3.48. The van der Waals surface area contributed by atoms with Crippen molar-refractivity contribution in [2.45, 2.75) is 26.2 Å². The van der Waals surface area contributed by atoms with Gasteiger partial charge in [-0.1, -0.05) is 60.1 Å². The van der Waals surface area contributed by atoms with Crippen molar-refractivity contribution < 1.29 is 4.74 Å². The van der Waals surface area contributed by atoms with E-state index in [1.165, 1.54) is 4.68 Å². The van der Waals surface area contributed by atoms with Gasteiger partial charge in [0.25, 0.3) is 5.56 Å². The third-order valence-corrected chi connectivity index (χ3v) is 5.83. The highest BCUT2D eigenvalue weighted by molar-refractivity contribution is 9.10. The van der Waals surface area contributed by atoms with Crippen LogP contribution in [-0.2, 0) is 0 Å². The molecule has 1 atom stereocenters. The van der Waals surface area contributed by atoms with Crippen LogP contribution in [0, 0.1) is 0 Å². The summed E-state index contributed by atoms with van der Waals surface area (Å²) < 4.78 is 7.81. The molecule has 3 aromatic carbocycles. The highest BCUT2D eigenvalue weighted by atomic mass is 79.9. The molecule has 0 aliphatic heterocycles. The van der Waals surface area contributed by atoms with E-state index in [9.17, 15) is 4.79 Å². The van der Waals surface area contributed by atoms with E-state index in [1.807, 2.05) is 48.5 Å². The van der Waals surface area contributed by atoms with Crippen LogP contribution in [0.4, 0.5) is 0 Å². The largest absolute Gasteiger partial charge is 0.496 e. The van der Waals surface area contributed by atoms with Gasteiger partial charge in [0.2, 0.25) is 0 Å². The molecule has 0 bridgehead atoms. The third kappa shape index (κ3) is 3.63. The van der Waals surface area contributed by atoms with Gasteiger partial charge in [-0.05, 0) is 41.5 Å². The molecule has 0 radical (unpaired) electrons. The summed E-state index contributed by atoms with van der Waals surface area (Å²) in [5, 5.41) is 7.22. The fraction of sp³-hybridized carbons (Fsp3) is 0.208. The molecule has 0 fully saturated rings. The molecule has 6 heteroatoms. The fourth-order valence-corrected chi connectivity index (χ4v) is 3.84. The van der Waals surface area contributed by atoms with E-state index >= 15 is 0 Å². The molecule has 152 valence electrons. The Bertz CT molecular complexity index is 1330. The highest BCUT2D eigenvalue weighted by Gasteiger charge is 2.16. The number of rotatable bonds is 5. The van der Waals surface area contributed by atoms with Crippen molar-refractivity contribution in [3.8, 4) is 5.75 Å². The van der Waals surface area contributed by atoms with Crippen LogP contribution in [0.15, 0.2) is 69.0 Å². The molecule has 0 saturated heterocycles. The number of benzene rings is 3. The second-order valence-corrected chi connectivity index (χ2v) is 8.12. The summed E-state index contributed by atoms with van der Waals surface area (Å²) >= 11 is 3.44. The van der Waals surface area contributed by atoms with E-state index < -0.39 is 0 Å². The van der Waals surface area contributed by atoms with Crippen molar-refractivity contribution >= 4 is 43.8 Å². The normalized spacial score (nSPS) is 12.7. The Hall–Kier alpha value is -2.99. The second kappa shape index (κ2) is 8.40. The Kier molecular flexibility index (Phi) is 5.68. The van der Waals surface area contributed by atoms with Gasteiger partial charge in [-0.2, -0.15) is 9.78 Å². The van der Waals surface area contributed by atoms with Crippen molar-refractivity contribution in [3.05, 3.63) is 80.8 Å². The Labute approximate surface area is 183 Å². The number of halogens is 1. The van der Waals surface area contributed by atoms with Gasteiger partial charge in [0.1, 0.15) is 11.6 Å². The zero-order chi connectivity index (χ0) is 21.3. The number of fused-ring (bicyclic) bond motifs is 2. The minimum absolute atomic E-state index is 0.0808. The van der Waals surface area contributed by atoms with Gasteiger partial charge >= 0.3 is 0 Å². The first-order valence-electron chi connectivity index (χ1n) is 9.85. The van der Waals surface area contributed by atoms with Crippen molar-refractivity contribution in [2.75, 3.05) is 7.11 Å². The molecule has 0 amide bonds. The molecule has 5 nitrogen and oxygen atoms in total. The molecule has 0 spiro atoms. The zero-order valence-corrected chi connectivity index (χ0v) is 18.7. The molecule has 0 saturated carbocycles. The maximum absolute atomic E-state index is 13.3. The summed E-state index contributed by atoms with van der Waals surface area (Å²) in [6.45, 7) is 4.13. The smallest absolute Gasteiger partial charge is 0.282 e. The Morgan fingerprint density at radius 3 is 2.73 bits per heavy atom. The van der Waals surface area contributed by atoms with Crippen LogP contribution in [0.25, 0.3) is 21.7 Å². The maximum atomic E-state index is 13.3. The van der Waals surface area contributed by atoms with Crippen LogP contribution < -0.4 is 10.3 Å². The van der Waals surface area contributed by atoms with Crippen LogP contribution in [0.2, 0.25) is 0 Å². The van der Waals surface area contributed by atoms with Crippen LogP contribution in [0.3, 0.4) is 0 Å². The first-order valence-corrected chi connectivity index (χ1v) is 10.6. The maximum Gasteiger partial charge on any atom is 0.282 e. The number of hydrogen-bond acceptors (Lipinski definition) is 4. The van der Waals surface area contributed by atoms with E-state index in [0.29, 0.717) is 22.5 Å². The quantitative estimate of drug-likeness (QED) is 0.355. The summed E-state index contributed by atoms with van der Waals surface area (Å²) in [5.41, 5.74) is 1.31. The van der Waals surface area contributed by atoms with E-state index in [-0.39, 0.29) is 11.5 Å². The molecule has 1 aromatic heterocycles.